The van der Waals surface area contributed by atoms with Crippen molar-refractivity contribution >= 4 is 25.9 Å². The number of nitrogens with one attached hydrogen (secondary N) is 2. The van der Waals surface area contributed by atoms with Crippen LogP contribution < -0.4 is 9.44 Å². The summed E-state index contributed by atoms with van der Waals surface area (Å²) in [5, 5.41) is 7.83. The summed E-state index contributed by atoms with van der Waals surface area (Å²) < 4.78 is 56.5. The molecule has 0 amide bonds. The molecular weight excluding hydrogens is 392 g/mol. The molecule has 0 saturated heterocycles. The molecule has 1 heterocycles. The molecule has 27 heavy (non-hydrogen) atoms. The molecule has 2 rings (SSSR count). The molecule has 0 aliphatic heterocycles. The normalized spacial score (nSPS) is 13.9. The van der Waals surface area contributed by atoms with Crippen LogP contribution in [-0.4, -0.2) is 50.0 Å². The Morgan fingerprint density at radius 2 is 1.63 bits per heavy atom. The van der Waals surface area contributed by atoms with Crippen LogP contribution in [0.25, 0.3) is 0 Å². The van der Waals surface area contributed by atoms with Crippen LogP contribution >= 0.6 is 0 Å². The summed E-state index contributed by atoms with van der Waals surface area (Å²) >= 11 is 0. The molecule has 0 aliphatic carbocycles. The van der Waals surface area contributed by atoms with Crippen LogP contribution in [0.15, 0.2) is 35.5 Å². The number of sulfonamides is 1. The minimum atomic E-state index is -3.82. The molecule has 0 saturated carbocycles. The smallest absolute Gasteiger partial charge is 0.301 e. The van der Waals surface area contributed by atoms with Gasteiger partial charge in [-0.05, 0) is 45.0 Å². The lowest BCUT2D eigenvalue weighted by molar-refractivity contribution is 0.514. The minimum Gasteiger partial charge on any atom is -0.314 e. The van der Waals surface area contributed by atoms with Gasteiger partial charge in [-0.15, -0.1) is 10.2 Å². The molecule has 1 atom stereocenters. The predicted octanol–water partition coefficient (Wildman–Crippen LogP) is 1.12. The van der Waals surface area contributed by atoms with Crippen molar-refractivity contribution in [2.75, 3.05) is 18.8 Å². The lowest BCUT2D eigenvalue weighted by atomic mass is 10.3. The van der Waals surface area contributed by atoms with Gasteiger partial charge in [0, 0.05) is 25.8 Å². The lowest BCUT2D eigenvalue weighted by Crippen LogP contribution is -2.29. The van der Waals surface area contributed by atoms with Crippen LogP contribution in [0.3, 0.4) is 0 Å². The first-order chi connectivity index (χ1) is 12.4. The average molecular weight is 417 g/mol. The summed E-state index contributed by atoms with van der Waals surface area (Å²) in [5.74, 6) is 0.504. The number of nitrogens with zero attached hydrogens (tertiary/aromatic N) is 4. The molecule has 0 fully saturated rings. The number of aromatic nitrogens is 3. The van der Waals surface area contributed by atoms with Crippen LogP contribution in [0.2, 0.25) is 0 Å². The Bertz CT molecular complexity index is 982. The third-order valence-electron chi connectivity index (χ3n) is 3.77. The van der Waals surface area contributed by atoms with Gasteiger partial charge < -0.3 is 4.57 Å². The highest BCUT2D eigenvalue weighted by molar-refractivity contribution is 7.90. The first-order valence-corrected chi connectivity index (χ1v) is 11.1. The van der Waals surface area contributed by atoms with E-state index in [-0.39, 0.29) is 16.6 Å². The van der Waals surface area contributed by atoms with Crippen molar-refractivity contribution in [2.45, 2.75) is 37.8 Å². The van der Waals surface area contributed by atoms with Crippen LogP contribution in [0.4, 0.5) is 5.69 Å². The fraction of sp³-hybridized carbons (Fsp3) is 0.467. The molecule has 1 aromatic carbocycles. The first kappa shape index (κ1) is 21.3. The molecule has 150 valence electrons. The topological polar surface area (TPSA) is 126 Å². The zero-order valence-electron chi connectivity index (χ0n) is 15.8. The highest BCUT2D eigenvalue weighted by Crippen LogP contribution is 2.20. The van der Waals surface area contributed by atoms with E-state index >= 15 is 0 Å². The summed E-state index contributed by atoms with van der Waals surface area (Å²) in [7, 11) is -4.70. The zero-order chi connectivity index (χ0) is 20.4. The van der Waals surface area contributed by atoms with Gasteiger partial charge in [-0.3, -0.25) is 4.72 Å². The Morgan fingerprint density at radius 3 is 2.15 bits per heavy atom. The highest BCUT2D eigenvalue weighted by atomic mass is 32.2. The lowest BCUT2D eigenvalue weighted by Gasteiger charge is -2.17. The second-order valence-corrected chi connectivity index (χ2v) is 10.0. The van der Waals surface area contributed by atoms with Crippen molar-refractivity contribution in [2.24, 2.45) is 0 Å². The molecular formula is C15H24N6O4S2. The molecule has 12 heteroatoms. The monoisotopic (exact) mass is 416 g/mol. The number of anilines is 1. The Kier molecular flexibility index (Phi) is 6.24. The van der Waals surface area contributed by atoms with E-state index in [0.29, 0.717) is 5.82 Å². The summed E-state index contributed by atoms with van der Waals surface area (Å²) in [5.41, 5.74) is 0.259. The van der Waals surface area contributed by atoms with Gasteiger partial charge >= 0.3 is 10.2 Å². The number of benzene rings is 1. The average Bonchev–Trinajstić information content (AvgIpc) is 3.04. The van der Waals surface area contributed by atoms with Gasteiger partial charge in [0.05, 0.1) is 10.9 Å². The van der Waals surface area contributed by atoms with Gasteiger partial charge in [-0.2, -0.15) is 12.7 Å². The largest absolute Gasteiger partial charge is 0.314 e. The highest BCUT2D eigenvalue weighted by Gasteiger charge is 2.23. The van der Waals surface area contributed by atoms with Crippen molar-refractivity contribution in [3.05, 3.63) is 36.4 Å². The maximum Gasteiger partial charge on any atom is 0.301 e. The number of hydrogen-bond donors (Lipinski definition) is 2. The van der Waals surface area contributed by atoms with E-state index in [4.69, 9.17) is 0 Å². The summed E-state index contributed by atoms with van der Waals surface area (Å²) in [4.78, 5) is 0.0118. The quantitative estimate of drug-likeness (QED) is 0.664. The van der Waals surface area contributed by atoms with E-state index in [1.165, 1.54) is 38.4 Å². The van der Waals surface area contributed by atoms with Gasteiger partial charge in [-0.1, -0.05) is 0 Å². The van der Waals surface area contributed by atoms with Crippen LogP contribution in [0.5, 0.6) is 0 Å². The number of rotatable bonds is 8. The molecule has 2 N–H and O–H groups in total. The Hall–Kier alpha value is -2.02. The SMILES string of the molecule is CC(C)n1cnnc1[C@@H](C)NS(=O)(=O)c1ccc(NS(=O)(=O)N(C)C)cc1. The van der Waals surface area contributed by atoms with Crippen molar-refractivity contribution in [1.82, 2.24) is 23.8 Å². The van der Waals surface area contributed by atoms with Gasteiger partial charge in [0.15, 0.2) is 5.82 Å². The second kappa shape index (κ2) is 7.92. The van der Waals surface area contributed by atoms with Crippen LogP contribution in [0, 0.1) is 0 Å². The Labute approximate surface area is 159 Å². The maximum absolute atomic E-state index is 12.6. The van der Waals surface area contributed by atoms with Gasteiger partial charge in [0.25, 0.3) is 0 Å². The molecule has 0 spiro atoms. The van der Waals surface area contributed by atoms with Crippen molar-refractivity contribution in [3.8, 4) is 0 Å². The fourth-order valence-electron chi connectivity index (χ4n) is 2.26. The Morgan fingerprint density at radius 1 is 1.04 bits per heavy atom. The second-order valence-electron chi connectivity index (χ2n) is 6.45. The first-order valence-electron chi connectivity index (χ1n) is 8.16. The standard InChI is InChI=1S/C15H24N6O4S2/c1-11(2)21-10-16-17-15(21)12(3)18-26(22,23)14-8-6-13(7-9-14)19-27(24,25)20(4)5/h6-12,18-19H,1-5H3/t12-/m1/s1. The minimum absolute atomic E-state index is 0.0118. The third-order valence-corrected chi connectivity index (χ3v) is 6.78. The van der Waals surface area contributed by atoms with Gasteiger partial charge in [-0.25, -0.2) is 13.1 Å². The third kappa shape index (κ3) is 5.03. The molecule has 0 aliphatic rings. The van der Waals surface area contributed by atoms with E-state index in [0.717, 1.165) is 4.31 Å². The molecule has 10 nitrogen and oxygen atoms in total. The molecule has 0 bridgehead atoms. The van der Waals surface area contributed by atoms with E-state index in [1.807, 2.05) is 13.8 Å². The summed E-state index contributed by atoms with van der Waals surface area (Å²) in [6.45, 7) is 5.57. The molecule has 2 aromatic rings. The fourth-order valence-corrected chi connectivity index (χ4v) is 4.07. The maximum atomic E-state index is 12.6. The van der Waals surface area contributed by atoms with E-state index in [1.54, 1.807) is 17.8 Å². The summed E-state index contributed by atoms with van der Waals surface area (Å²) in [6, 6.07) is 4.93. The Balaban J connectivity index is 2.18. The molecule has 0 radical (unpaired) electrons. The predicted molar refractivity (Wildman–Crippen MR) is 102 cm³/mol. The van der Waals surface area contributed by atoms with E-state index < -0.39 is 26.3 Å². The van der Waals surface area contributed by atoms with E-state index in [9.17, 15) is 16.8 Å². The van der Waals surface area contributed by atoms with Gasteiger partial charge in [0.2, 0.25) is 10.0 Å². The van der Waals surface area contributed by atoms with Crippen LogP contribution in [0.1, 0.15) is 38.7 Å². The van der Waals surface area contributed by atoms with Gasteiger partial charge in [0.1, 0.15) is 6.33 Å². The number of hydrogen-bond acceptors (Lipinski definition) is 6. The van der Waals surface area contributed by atoms with E-state index in [2.05, 4.69) is 19.6 Å². The molecule has 1 aromatic heterocycles. The zero-order valence-corrected chi connectivity index (χ0v) is 17.4. The van der Waals surface area contributed by atoms with Crippen molar-refractivity contribution in [3.63, 3.8) is 0 Å². The van der Waals surface area contributed by atoms with Crippen molar-refractivity contribution < 1.29 is 16.8 Å². The summed E-state index contributed by atoms with van der Waals surface area (Å²) in [6.07, 6.45) is 1.55. The van der Waals surface area contributed by atoms with Crippen LogP contribution in [-0.2, 0) is 20.2 Å². The van der Waals surface area contributed by atoms with Crippen molar-refractivity contribution in [1.29, 1.82) is 0 Å². The molecule has 0 unspecified atom stereocenters.